The number of anilines is 1. The zero-order valence-corrected chi connectivity index (χ0v) is 9.29. The lowest BCUT2D eigenvalue weighted by atomic mass is 10.0. The van der Waals surface area contributed by atoms with E-state index in [-0.39, 0.29) is 5.95 Å². The van der Waals surface area contributed by atoms with Crippen LogP contribution in [0.25, 0.3) is 0 Å². The van der Waals surface area contributed by atoms with Gasteiger partial charge in [0.05, 0.1) is 0 Å². The summed E-state index contributed by atoms with van der Waals surface area (Å²) < 4.78 is 42.5. The van der Waals surface area contributed by atoms with Crippen molar-refractivity contribution >= 4 is 5.95 Å². The Morgan fingerprint density at radius 1 is 1.29 bits per heavy atom. The standard InChI is InChI=1S/C9H13F3N4O/c1-8(13,9(10,11)12)6-14-7(15-17-6)16-4-2-3-5-16/h2-5,13H2,1H3. The first-order valence-electron chi connectivity index (χ1n) is 5.27. The van der Waals surface area contributed by atoms with Crippen molar-refractivity contribution in [2.45, 2.75) is 31.5 Å². The molecule has 1 fully saturated rings. The predicted octanol–water partition coefficient (Wildman–Crippen LogP) is 1.41. The lowest BCUT2D eigenvalue weighted by molar-refractivity contribution is -0.190. The van der Waals surface area contributed by atoms with Crippen LogP contribution in [0.5, 0.6) is 0 Å². The molecule has 5 nitrogen and oxygen atoms in total. The summed E-state index contributed by atoms with van der Waals surface area (Å²) in [7, 11) is 0. The molecular weight excluding hydrogens is 237 g/mol. The lowest BCUT2D eigenvalue weighted by Crippen LogP contribution is -2.48. The Labute approximate surface area is 95.8 Å². The highest BCUT2D eigenvalue weighted by Crippen LogP contribution is 2.36. The molecule has 1 saturated heterocycles. The van der Waals surface area contributed by atoms with Crippen molar-refractivity contribution in [3.8, 4) is 0 Å². The molecule has 0 radical (unpaired) electrons. The van der Waals surface area contributed by atoms with E-state index in [0.29, 0.717) is 0 Å². The maximum atomic E-state index is 12.6. The number of aromatic nitrogens is 2. The molecule has 0 saturated carbocycles. The maximum absolute atomic E-state index is 12.6. The first kappa shape index (κ1) is 12.2. The van der Waals surface area contributed by atoms with Crippen LogP contribution in [-0.2, 0) is 5.54 Å². The number of rotatable bonds is 2. The summed E-state index contributed by atoms with van der Waals surface area (Å²) in [4.78, 5) is 5.51. The van der Waals surface area contributed by atoms with E-state index in [1.165, 1.54) is 0 Å². The summed E-state index contributed by atoms with van der Waals surface area (Å²) in [6, 6.07) is 0. The number of halogens is 3. The molecule has 0 bridgehead atoms. The summed E-state index contributed by atoms with van der Waals surface area (Å²) in [6.45, 7) is 2.27. The molecule has 2 heterocycles. The van der Waals surface area contributed by atoms with Gasteiger partial charge in [0, 0.05) is 13.1 Å². The van der Waals surface area contributed by atoms with Gasteiger partial charge >= 0.3 is 6.18 Å². The van der Waals surface area contributed by atoms with Crippen LogP contribution in [-0.4, -0.2) is 29.4 Å². The minimum absolute atomic E-state index is 0.179. The van der Waals surface area contributed by atoms with E-state index in [0.717, 1.165) is 32.9 Å². The Kier molecular flexibility index (Phi) is 2.76. The summed E-state index contributed by atoms with van der Waals surface area (Å²) in [5, 5.41) is 3.54. The fourth-order valence-electron chi connectivity index (χ4n) is 1.59. The minimum atomic E-state index is -4.62. The molecule has 1 aromatic heterocycles. The van der Waals surface area contributed by atoms with Crippen LogP contribution in [0.1, 0.15) is 25.7 Å². The molecule has 96 valence electrons. The molecule has 1 aromatic rings. The van der Waals surface area contributed by atoms with Crippen molar-refractivity contribution in [3.63, 3.8) is 0 Å². The second kappa shape index (κ2) is 3.86. The molecule has 8 heteroatoms. The molecule has 1 atom stereocenters. The largest absolute Gasteiger partial charge is 0.415 e. The molecule has 17 heavy (non-hydrogen) atoms. The van der Waals surface area contributed by atoms with Crippen molar-refractivity contribution in [2.75, 3.05) is 18.0 Å². The van der Waals surface area contributed by atoms with Crippen LogP contribution in [0.15, 0.2) is 4.52 Å². The van der Waals surface area contributed by atoms with Crippen molar-refractivity contribution in [1.29, 1.82) is 0 Å². The number of hydrogen-bond donors (Lipinski definition) is 1. The molecule has 1 aliphatic heterocycles. The average molecular weight is 250 g/mol. The molecule has 0 aliphatic carbocycles. The molecule has 2 N–H and O–H groups in total. The molecule has 0 amide bonds. The highest BCUT2D eigenvalue weighted by Gasteiger charge is 2.53. The smallest absolute Gasteiger partial charge is 0.338 e. The predicted molar refractivity (Wildman–Crippen MR) is 53.3 cm³/mol. The molecule has 0 aromatic carbocycles. The highest BCUT2D eigenvalue weighted by molar-refractivity contribution is 5.30. The molecular formula is C9H13F3N4O. The van der Waals surface area contributed by atoms with Crippen LogP contribution in [0.3, 0.4) is 0 Å². The van der Waals surface area contributed by atoms with Crippen molar-refractivity contribution in [3.05, 3.63) is 5.89 Å². The van der Waals surface area contributed by atoms with Gasteiger partial charge in [0.2, 0.25) is 0 Å². The third kappa shape index (κ3) is 2.08. The Morgan fingerprint density at radius 3 is 2.41 bits per heavy atom. The first-order chi connectivity index (χ1) is 7.82. The second-order valence-electron chi connectivity index (χ2n) is 4.29. The van der Waals surface area contributed by atoms with Crippen molar-refractivity contribution < 1.29 is 17.7 Å². The number of hydrogen-bond acceptors (Lipinski definition) is 5. The fourth-order valence-corrected chi connectivity index (χ4v) is 1.59. The summed E-state index contributed by atoms with van der Waals surface area (Å²) >= 11 is 0. The van der Waals surface area contributed by atoms with Gasteiger partial charge in [-0.3, -0.25) is 0 Å². The minimum Gasteiger partial charge on any atom is -0.338 e. The number of alkyl halides is 3. The van der Waals surface area contributed by atoms with E-state index in [2.05, 4.69) is 14.7 Å². The van der Waals surface area contributed by atoms with E-state index in [1.54, 1.807) is 4.90 Å². The number of nitrogens with zero attached hydrogens (tertiary/aromatic N) is 3. The molecule has 2 rings (SSSR count). The monoisotopic (exact) mass is 250 g/mol. The van der Waals surface area contributed by atoms with Gasteiger partial charge in [-0.2, -0.15) is 18.2 Å². The lowest BCUT2D eigenvalue weighted by Gasteiger charge is -2.22. The van der Waals surface area contributed by atoms with Crippen LogP contribution >= 0.6 is 0 Å². The highest BCUT2D eigenvalue weighted by atomic mass is 19.4. The summed E-state index contributed by atoms with van der Waals surface area (Å²) in [5.74, 6) is -0.426. The molecule has 1 unspecified atom stereocenters. The summed E-state index contributed by atoms with van der Waals surface area (Å²) in [6.07, 6.45) is -2.67. The normalized spacial score (nSPS) is 20.6. The maximum Gasteiger partial charge on any atom is 0.415 e. The van der Waals surface area contributed by atoms with Crippen LogP contribution in [0.2, 0.25) is 0 Å². The van der Waals surface area contributed by atoms with E-state index < -0.39 is 17.6 Å². The van der Waals surface area contributed by atoms with Crippen LogP contribution in [0, 0.1) is 0 Å². The molecule has 1 aliphatic rings. The van der Waals surface area contributed by atoms with Gasteiger partial charge in [-0.15, -0.1) is 0 Å². The van der Waals surface area contributed by atoms with Gasteiger partial charge in [0.25, 0.3) is 11.8 Å². The van der Waals surface area contributed by atoms with Gasteiger partial charge in [-0.05, 0) is 24.9 Å². The second-order valence-corrected chi connectivity index (χ2v) is 4.29. The van der Waals surface area contributed by atoms with Crippen LogP contribution in [0.4, 0.5) is 19.1 Å². The Balaban J connectivity index is 2.23. The van der Waals surface area contributed by atoms with Gasteiger partial charge in [0.15, 0.2) is 5.54 Å². The number of nitrogens with two attached hydrogens (primary N) is 1. The zero-order valence-electron chi connectivity index (χ0n) is 9.29. The Hall–Kier alpha value is -1.31. The van der Waals surface area contributed by atoms with Crippen LogP contribution < -0.4 is 10.6 Å². The van der Waals surface area contributed by atoms with E-state index in [4.69, 9.17) is 5.73 Å². The SMILES string of the molecule is CC(N)(c1nc(N2CCCC2)no1)C(F)(F)F. The first-order valence-corrected chi connectivity index (χ1v) is 5.27. The van der Waals surface area contributed by atoms with Crippen molar-refractivity contribution in [1.82, 2.24) is 10.1 Å². The Bertz CT molecular complexity index is 395. The third-order valence-corrected chi connectivity index (χ3v) is 2.84. The Morgan fingerprint density at radius 2 is 1.88 bits per heavy atom. The zero-order chi connectivity index (χ0) is 12.7. The van der Waals surface area contributed by atoms with Gasteiger partial charge in [-0.25, -0.2) is 0 Å². The van der Waals surface area contributed by atoms with Gasteiger partial charge in [0.1, 0.15) is 0 Å². The third-order valence-electron chi connectivity index (χ3n) is 2.84. The quantitative estimate of drug-likeness (QED) is 0.859. The average Bonchev–Trinajstić information content (AvgIpc) is 2.87. The van der Waals surface area contributed by atoms with Gasteiger partial charge < -0.3 is 15.2 Å². The summed E-state index contributed by atoms with van der Waals surface area (Å²) in [5.41, 5.74) is 2.57. The van der Waals surface area contributed by atoms with Gasteiger partial charge in [-0.1, -0.05) is 0 Å². The molecule has 0 spiro atoms. The van der Waals surface area contributed by atoms with E-state index >= 15 is 0 Å². The fraction of sp³-hybridized carbons (Fsp3) is 0.778. The topological polar surface area (TPSA) is 68.2 Å². The van der Waals surface area contributed by atoms with E-state index in [9.17, 15) is 13.2 Å². The van der Waals surface area contributed by atoms with Crippen molar-refractivity contribution in [2.24, 2.45) is 5.73 Å². The van der Waals surface area contributed by atoms with E-state index in [1.807, 2.05) is 0 Å².